The van der Waals surface area contributed by atoms with E-state index in [1.165, 1.54) is 12.3 Å². The fourth-order valence-electron chi connectivity index (χ4n) is 2.31. The maximum Gasteiger partial charge on any atom is 0.387 e. The average Bonchev–Trinajstić information content (AvgIpc) is 3.10. The van der Waals surface area contributed by atoms with Crippen molar-refractivity contribution in [1.29, 1.82) is 0 Å². The number of nitrogens with one attached hydrogen (secondary N) is 2. The number of ether oxygens (including phenoxy) is 1. The van der Waals surface area contributed by atoms with Gasteiger partial charge in [0.2, 0.25) is 0 Å². The summed E-state index contributed by atoms with van der Waals surface area (Å²) in [7, 11) is -4.14. The van der Waals surface area contributed by atoms with E-state index in [-0.39, 0.29) is 9.92 Å². The van der Waals surface area contributed by atoms with Crippen molar-refractivity contribution in [2.24, 2.45) is 0 Å². The van der Waals surface area contributed by atoms with E-state index in [1.54, 1.807) is 24.3 Å². The van der Waals surface area contributed by atoms with Gasteiger partial charge in [0.25, 0.3) is 10.0 Å². The maximum absolute atomic E-state index is 14.1. The number of halogens is 4. The van der Waals surface area contributed by atoms with E-state index in [1.807, 2.05) is 10.8 Å². The lowest BCUT2D eigenvalue weighted by molar-refractivity contribution is -0.0499. The van der Waals surface area contributed by atoms with Crippen LogP contribution in [0.15, 0.2) is 59.6 Å². The summed E-state index contributed by atoms with van der Waals surface area (Å²) in [6.45, 7) is -3.19. The molecule has 0 saturated heterocycles. The summed E-state index contributed by atoms with van der Waals surface area (Å²) >= 11 is 5.74. The Morgan fingerprint density at radius 3 is 2.48 bits per heavy atom. The molecule has 0 saturated carbocycles. The van der Waals surface area contributed by atoms with Crippen molar-refractivity contribution >= 4 is 27.3 Å². The van der Waals surface area contributed by atoms with Crippen LogP contribution in [0.3, 0.4) is 0 Å². The van der Waals surface area contributed by atoms with Crippen molar-refractivity contribution < 1.29 is 26.3 Å². The molecule has 10 heteroatoms. The zero-order valence-electron chi connectivity index (χ0n) is 13.4. The highest BCUT2D eigenvalue weighted by Crippen LogP contribution is 2.33. The molecule has 0 unspecified atom stereocenters. The standard InChI is InChI=1S/C17H12ClF3N2O3S/c18-12-7-15(13(19)8-16(12)26-17(20)21)23-27(24,25)11-6-14(22-9-11)10-4-2-1-3-5-10/h1-9,17,22-23H. The number of aromatic nitrogens is 1. The Balaban J connectivity index is 1.87. The normalized spacial score (nSPS) is 11.6. The average molecular weight is 417 g/mol. The monoisotopic (exact) mass is 416 g/mol. The third-order valence-corrected chi connectivity index (χ3v) is 5.17. The predicted molar refractivity (Wildman–Crippen MR) is 95.1 cm³/mol. The Kier molecular flexibility index (Phi) is 5.33. The van der Waals surface area contributed by atoms with Crippen molar-refractivity contribution in [3.8, 4) is 17.0 Å². The van der Waals surface area contributed by atoms with E-state index in [0.29, 0.717) is 11.8 Å². The largest absolute Gasteiger partial charge is 0.433 e. The van der Waals surface area contributed by atoms with E-state index in [4.69, 9.17) is 11.6 Å². The number of alkyl halides is 2. The second-order valence-corrected chi connectivity index (χ2v) is 7.45. The highest BCUT2D eigenvalue weighted by molar-refractivity contribution is 7.92. The van der Waals surface area contributed by atoms with Crippen LogP contribution in [0, 0.1) is 5.82 Å². The first-order valence-corrected chi connectivity index (χ1v) is 9.33. The maximum atomic E-state index is 14.1. The van der Waals surface area contributed by atoms with Crippen LogP contribution in [0.1, 0.15) is 0 Å². The summed E-state index contributed by atoms with van der Waals surface area (Å²) in [5.41, 5.74) is 0.820. The van der Waals surface area contributed by atoms with Crippen LogP contribution in [0.2, 0.25) is 5.02 Å². The molecule has 27 heavy (non-hydrogen) atoms. The van der Waals surface area contributed by atoms with Gasteiger partial charge in [-0.3, -0.25) is 4.72 Å². The topological polar surface area (TPSA) is 71.2 Å². The number of hydrogen-bond acceptors (Lipinski definition) is 3. The molecule has 1 heterocycles. The number of aromatic amines is 1. The molecule has 142 valence electrons. The molecule has 5 nitrogen and oxygen atoms in total. The quantitative estimate of drug-likeness (QED) is 0.601. The van der Waals surface area contributed by atoms with Crippen molar-refractivity contribution in [2.75, 3.05) is 4.72 Å². The van der Waals surface area contributed by atoms with Crippen LogP contribution in [0.5, 0.6) is 5.75 Å². The van der Waals surface area contributed by atoms with Crippen molar-refractivity contribution in [2.45, 2.75) is 11.5 Å². The molecule has 0 spiro atoms. The fraction of sp³-hybridized carbons (Fsp3) is 0.0588. The Hall–Kier alpha value is -2.65. The first kappa shape index (κ1) is 19.1. The van der Waals surface area contributed by atoms with Gasteiger partial charge in [-0.15, -0.1) is 0 Å². The molecule has 0 radical (unpaired) electrons. The molecule has 0 bridgehead atoms. The summed E-state index contributed by atoms with van der Waals surface area (Å²) in [6, 6.07) is 11.8. The van der Waals surface area contributed by atoms with Crippen LogP contribution in [-0.4, -0.2) is 20.0 Å². The van der Waals surface area contributed by atoms with E-state index < -0.39 is 33.9 Å². The van der Waals surface area contributed by atoms with Crippen molar-refractivity contribution in [1.82, 2.24) is 4.98 Å². The van der Waals surface area contributed by atoms with E-state index in [0.717, 1.165) is 11.6 Å². The molecule has 3 aromatic rings. The molecular weight excluding hydrogens is 405 g/mol. The summed E-state index contributed by atoms with van der Waals surface area (Å²) in [6.07, 6.45) is 1.25. The van der Waals surface area contributed by atoms with Gasteiger partial charge in [-0.1, -0.05) is 41.9 Å². The lowest BCUT2D eigenvalue weighted by atomic mass is 10.2. The number of H-pyrrole nitrogens is 1. The van der Waals surface area contributed by atoms with E-state index >= 15 is 0 Å². The van der Waals surface area contributed by atoms with Crippen LogP contribution in [0.4, 0.5) is 18.9 Å². The molecule has 0 amide bonds. The second kappa shape index (κ2) is 7.53. The predicted octanol–water partition coefficient (Wildman–Crippen LogP) is 4.88. The van der Waals surface area contributed by atoms with Gasteiger partial charge in [0.1, 0.15) is 10.6 Å². The molecule has 0 aliphatic carbocycles. The minimum atomic E-state index is -4.14. The Labute approximate surface area is 157 Å². The number of hydrogen-bond donors (Lipinski definition) is 2. The molecule has 2 N–H and O–H groups in total. The highest BCUT2D eigenvalue weighted by atomic mass is 35.5. The van der Waals surface area contributed by atoms with Crippen LogP contribution < -0.4 is 9.46 Å². The number of benzene rings is 2. The van der Waals surface area contributed by atoms with Gasteiger partial charge in [0, 0.05) is 18.0 Å². The van der Waals surface area contributed by atoms with Gasteiger partial charge < -0.3 is 9.72 Å². The Bertz CT molecular complexity index is 1060. The lowest BCUT2D eigenvalue weighted by Gasteiger charge is -2.11. The van der Waals surface area contributed by atoms with Gasteiger partial charge in [-0.2, -0.15) is 8.78 Å². The molecular formula is C17H12ClF3N2O3S. The van der Waals surface area contributed by atoms with E-state index in [9.17, 15) is 21.6 Å². The minimum Gasteiger partial charge on any atom is -0.433 e. The number of sulfonamides is 1. The third kappa shape index (κ3) is 4.37. The molecule has 1 aromatic heterocycles. The van der Waals surface area contributed by atoms with Crippen LogP contribution in [0.25, 0.3) is 11.3 Å². The van der Waals surface area contributed by atoms with Gasteiger partial charge >= 0.3 is 6.61 Å². The van der Waals surface area contributed by atoms with Crippen LogP contribution >= 0.6 is 11.6 Å². The molecule has 3 rings (SSSR count). The fourth-order valence-corrected chi connectivity index (χ4v) is 3.57. The second-order valence-electron chi connectivity index (χ2n) is 5.36. The molecule has 0 fully saturated rings. The van der Waals surface area contributed by atoms with Gasteiger partial charge in [0.05, 0.1) is 10.7 Å². The SMILES string of the molecule is O=S(=O)(Nc1cc(Cl)c(OC(F)F)cc1F)c1c[nH]c(-c2ccccc2)c1. The molecule has 0 aliphatic rings. The Morgan fingerprint density at radius 2 is 1.81 bits per heavy atom. The summed E-state index contributed by atoms with van der Waals surface area (Å²) in [5, 5.41) is -0.367. The number of rotatable bonds is 6. The van der Waals surface area contributed by atoms with Gasteiger partial charge in [-0.05, 0) is 17.7 Å². The Morgan fingerprint density at radius 1 is 1.11 bits per heavy atom. The van der Waals surface area contributed by atoms with Gasteiger partial charge in [-0.25, -0.2) is 12.8 Å². The third-order valence-electron chi connectivity index (χ3n) is 3.53. The zero-order valence-corrected chi connectivity index (χ0v) is 15.0. The smallest absolute Gasteiger partial charge is 0.387 e. The highest BCUT2D eigenvalue weighted by Gasteiger charge is 2.21. The van der Waals surface area contributed by atoms with Crippen molar-refractivity contribution in [3.63, 3.8) is 0 Å². The summed E-state index contributed by atoms with van der Waals surface area (Å²) in [5.74, 6) is -1.71. The zero-order chi connectivity index (χ0) is 19.6. The lowest BCUT2D eigenvalue weighted by Crippen LogP contribution is -2.13. The molecule has 0 atom stereocenters. The summed E-state index contributed by atoms with van der Waals surface area (Å²) < 4.78 is 69.6. The first-order chi connectivity index (χ1) is 12.8. The molecule has 2 aromatic carbocycles. The van der Waals surface area contributed by atoms with Gasteiger partial charge in [0.15, 0.2) is 5.82 Å². The summed E-state index contributed by atoms with van der Waals surface area (Å²) in [4.78, 5) is 2.69. The first-order valence-electron chi connectivity index (χ1n) is 7.47. The van der Waals surface area contributed by atoms with Crippen molar-refractivity contribution in [3.05, 3.63) is 65.6 Å². The van der Waals surface area contributed by atoms with E-state index in [2.05, 4.69) is 9.72 Å². The minimum absolute atomic E-state index is 0.134. The number of anilines is 1. The molecule has 0 aliphatic heterocycles. The van der Waals surface area contributed by atoms with Crippen LogP contribution in [-0.2, 0) is 10.0 Å².